The maximum atomic E-state index is 11.1. The molecule has 1 aromatic carbocycles. The minimum atomic E-state index is -0.676. The predicted octanol–water partition coefficient (Wildman–Crippen LogP) is 2.28. The van der Waals surface area contributed by atoms with Crippen LogP contribution in [-0.4, -0.2) is 19.9 Å². The average Bonchev–Trinajstić information content (AvgIpc) is 2.39. The minimum Gasteiger partial charge on any atom is -0.416 e. The molecule has 1 heterocycles. The molecule has 0 unspecified atom stereocenters. The number of nitro benzene ring substituents is 1. The van der Waals surface area contributed by atoms with Gasteiger partial charge in [-0.15, -0.1) is 0 Å². The molecule has 0 radical (unpaired) electrons. The van der Waals surface area contributed by atoms with Gasteiger partial charge in [0.25, 0.3) is 0 Å². The first-order valence-electron chi connectivity index (χ1n) is 5.13. The van der Waals surface area contributed by atoms with Gasteiger partial charge < -0.3 is 10.5 Å². The van der Waals surface area contributed by atoms with E-state index in [1.54, 1.807) is 22.6 Å². The van der Waals surface area contributed by atoms with Crippen molar-refractivity contribution >= 4 is 45.8 Å². The molecule has 0 spiro atoms. The Labute approximate surface area is 136 Å². The summed E-state index contributed by atoms with van der Waals surface area (Å²) in [6.07, 6.45) is 0. The van der Waals surface area contributed by atoms with Crippen LogP contribution in [0.2, 0.25) is 5.28 Å². The number of nitrogen functional groups attached to an aromatic ring is 1. The highest BCUT2D eigenvalue weighted by Gasteiger charge is 2.22. The smallest absolute Gasteiger partial charge is 0.328 e. The molecule has 0 bridgehead atoms. The van der Waals surface area contributed by atoms with Gasteiger partial charge in [0.2, 0.25) is 17.0 Å². The van der Waals surface area contributed by atoms with Crippen LogP contribution in [0.5, 0.6) is 11.8 Å². The molecule has 0 fully saturated rings. The summed E-state index contributed by atoms with van der Waals surface area (Å²) in [4.78, 5) is 21.3. The fourth-order valence-electron chi connectivity index (χ4n) is 1.36. The molecule has 9 nitrogen and oxygen atoms in total. The molecule has 106 valence electrons. The maximum absolute atomic E-state index is 11.1. The Morgan fingerprint density at radius 3 is 2.71 bits per heavy atom. The molecule has 0 aliphatic heterocycles. The van der Waals surface area contributed by atoms with E-state index in [1.165, 1.54) is 6.07 Å². The fraction of sp³-hybridized carbons (Fsp3) is 0. The third kappa shape index (κ3) is 3.44. The second-order valence-electron chi connectivity index (χ2n) is 3.52. The second-order valence-corrected chi connectivity index (χ2v) is 5.02. The van der Waals surface area contributed by atoms with Crippen LogP contribution in [-0.2, 0) is 0 Å². The summed E-state index contributed by atoms with van der Waals surface area (Å²) < 4.78 is 5.62. The van der Waals surface area contributed by atoms with Gasteiger partial charge in [0.15, 0.2) is 0 Å². The lowest BCUT2D eigenvalue weighted by atomic mass is 10.2. The van der Waals surface area contributed by atoms with Crippen molar-refractivity contribution in [2.45, 2.75) is 0 Å². The molecular weight excluding hydrogens is 415 g/mol. The van der Waals surface area contributed by atoms with Crippen molar-refractivity contribution < 1.29 is 9.66 Å². The van der Waals surface area contributed by atoms with Crippen molar-refractivity contribution in [3.63, 3.8) is 0 Å². The first-order valence-corrected chi connectivity index (χ1v) is 6.59. The number of nitriles is 1. The quantitative estimate of drug-likeness (QED) is 0.454. The number of aromatic nitrogens is 3. The van der Waals surface area contributed by atoms with Crippen LogP contribution >= 0.6 is 34.2 Å². The molecule has 0 aliphatic rings. The van der Waals surface area contributed by atoms with E-state index in [0.29, 0.717) is 3.57 Å². The zero-order valence-corrected chi connectivity index (χ0v) is 12.9. The SMILES string of the molecule is N#Cc1cc(I)c(Oc2nc(N)nc(Cl)n2)c([N+](=O)[O-])c1. The molecule has 2 aromatic rings. The molecule has 0 aliphatic carbocycles. The largest absolute Gasteiger partial charge is 0.416 e. The Kier molecular flexibility index (Phi) is 4.34. The summed E-state index contributed by atoms with van der Waals surface area (Å²) in [7, 11) is 0. The van der Waals surface area contributed by atoms with Crippen LogP contribution in [0.1, 0.15) is 5.56 Å². The van der Waals surface area contributed by atoms with Gasteiger partial charge in [0.05, 0.1) is 20.1 Å². The topological polar surface area (TPSA) is 141 Å². The van der Waals surface area contributed by atoms with E-state index >= 15 is 0 Å². The van der Waals surface area contributed by atoms with Crippen molar-refractivity contribution in [2.24, 2.45) is 0 Å². The van der Waals surface area contributed by atoms with E-state index in [9.17, 15) is 10.1 Å². The van der Waals surface area contributed by atoms with E-state index in [1.807, 2.05) is 6.07 Å². The third-order valence-electron chi connectivity index (χ3n) is 2.15. The summed E-state index contributed by atoms with van der Waals surface area (Å²) in [6.45, 7) is 0. The molecule has 0 saturated carbocycles. The molecule has 0 atom stereocenters. The number of benzene rings is 1. The zero-order chi connectivity index (χ0) is 15.6. The van der Waals surface area contributed by atoms with E-state index in [4.69, 9.17) is 27.3 Å². The van der Waals surface area contributed by atoms with Gasteiger partial charge in [-0.3, -0.25) is 10.1 Å². The summed E-state index contributed by atoms with van der Waals surface area (Å²) in [5, 5.41) is 19.7. The average molecular weight is 419 g/mol. The van der Waals surface area contributed by atoms with E-state index in [2.05, 4.69) is 15.0 Å². The van der Waals surface area contributed by atoms with Crippen LogP contribution in [0, 0.1) is 25.0 Å². The van der Waals surface area contributed by atoms with Gasteiger partial charge in [-0.25, -0.2) is 0 Å². The van der Waals surface area contributed by atoms with Gasteiger partial charge >= 0.3 is 11.7 Å². The Morgan fingerprint density at radius 1 is 1.43 bits per heavy atom. The van der Waals surface area contributed by atoms with E-state index < -0.39 is 10.6 Å². The van der Waals surface area contributed by atoms with Crippen LogP contribution in [0.3, 0.4) is 0 Å². The number of anilines is 1. The first-order chi connectivity index (χ1) is 9.90. The van der Waals surface area contributed by atoms with Gasteiger partial charge in [-0.1, -0.05) is 0 Å². The van der Waals surface area contributed by atoms with E-state index in [0.717, 1.165) is 6.07 Å². The number of nitrogens with two attached hydrogens (primary N) is 1. The number of ether oxygens (including phenoxy) is 1. The lowest BCUT2D eigenvalue weighted by Crippen LogP contribution is -2.03. The lowest BCUT2D eigenvalue weighted by molar-refractivity contribution is -0.385. The molecule has 0 amide bonds. The molecule has 2 rings (SSSR count). The van der Waals surface area contributed by atoms with Crippen LogP contribution in [0.25, 0.3) is 0 Å². The molecule has 0 saturated heterocycles. The van der Waals surface area contributed by atoms with Crippen molar-refractivity contribution in [3.05, 3.63) is 36.7 Å². The maximum Gasteiger partial charge on any atom is 0.328 e. The Morgan fingerprint density at radius 2 is 2.14 bits per heavy atom. The summed E-state index contributed by atoms with van der Waals surface area (Å²) >= 11 is 7.40. The summed E-state index contributed by atoms with van der Waals surface area (Å²) in [5.41, 5.74) is 5.13. The lowest BCUT2D eigenvalue weighted by Gasteiger charge is -2.07. The second kappa shape index (κ2) is 6.02. The highest BCUT2D eigenvalue weighted by molar-refractivity contribution is 14.1. The van der Waals surface area contributed by atoms with Crippen molar-refractivity contribution in [3.8, 4) is 17.8 Å². The molecule has 1 aromatic heterocycles. The van der Waals surface area contributed by atoms with Gasteiger partial charge in [0.1, 0.15) is 0 Å². The Hall–Kier alpha value is -2.26. The summed E-state index contributed by atoms with van der Waals surface area (Å²) in [5.74, 6) is -0.294. The summed E-state index contributed by atoms with van der Waals surface area (Å²) in [6, 6.07) is 4.06. The number of nitrogens with zero attached hydrogens (tertiary/aromatic N) is 5. The molecule has 21 heavy (non-hydrogen) atoms. The van der Waals surface area contributed by atoms with Gasteiger partial charge in [0, 0.05) is 6.07 Å². The highest BCUT2D eigenvalue weighted by atomic mass is 127. The molecule has 11 heteroatoms. The van der Waals surface area contributed by atoms with Crippen LogP contribution in [0.15, 0.2) is 12.1 Å². The van der Waals surface area contributed by atoms with Crippen molar-refractivity contribution in [1.29, 1.82) is 5.26 Å². The van der Waals surface area contributed by atoms with Gasteiger partial charge in [-0.2, -0.15) is 20.2 Å². The molecule has 2 N–H and O–H groups in total. The standard InChI is InChI=1S/C10H4ClIN6O3/c11-8-15-9(14)17-10(16-8)21-7-5(12)1-4(3-13)2-6(7)18(19)20/h1-2H,(H2,14,15,16,17). The monoisotopic (exact) mass is 418 g/mol. The number of rotatable bonds is 3. The van der Waals surface area contributed by atoms with Crippen LogP contribution < -0.4 is 10.5 Å². The normalized spacial score (nSPS) is 9.95. The zero-order valence-electron chi connectivity index (χ0n) is 9.95. The molecular formula is C10H4ClIN6O3. The Balaban J connectivity index is 2.53. The van der Waals surface area contributed by atoms with Crippen molar-refractivity contribution in [2.75, 3.05) is 5.73 Å². The first kappa shape index (κ1) is 15.1. The van der Waals surface area contributed by atoms with Crippen LogP contribution in [0.4, 0.5) is 11.6 Å². The number of hydrogen-bond acceptors (Lipinski definition) is 8. The fourth-order valence-corrected chi connectivity index (χ4v) is 2.24. The van der Waals surface area contributed by atoms with Gasteiger partial charge in [-0.05, 0) is 40.3 Å². The number of nitro groups is 1. The number of halogens is 2. The predicted molar refractivity (Wildman–Crippen MR) is 79.9 cm³/mol. The highest BCUT2D eigenvalue weighted by Crippen LogP contribution is 2.36. The minimum absolute atomic E-state index is 0.110. The van der Waals surface area contributed by atoms with Crippen molar-refractivity contribution in [1.82, 2.24) is 15.0 Å². The number of hydrogen-bond donors (Lipinski definition) is 1. The third-order valence-corrected chi connectivity index (χ3v) is 3.12. The Bertz CT molecular complexity index is 758. The van der Waals surface area contributed by atoms with E-state index in [-0.39, 0.29) is 28.6 Å².